The number of aryl methyl sites for hydroxylation is 1. The minimum Gasteiger partial charge on any atom is -0.485 e. The molecule has 2 nitrogen and oxygen atoms in total. The van der Waals surface area contributed by atoms with Gasteiger partial charge >= 0.3 is 0 Å². The van der Waals surface area contributed by atoms with E-state index in [1.807, 2.05) is 18.2 Å². The average molecular weight is 333 g/mol. The fourth-order valence-electron chi connectivity index (χ4n) is 2.59. The van der Waals surface area contributed by atoms with Gasteiger partial charge in [-0.25, -0.2) is 0 Å². The lowest BCUT2D eigenvalue weighted by Crippen LogP contribution is -2.19. The molecule has 2 aromatic rings. The van der Waals surface area contributed by atoms with Gasteiger partial charge in [0.05, 0.1) is 6.10 Å². The molecule has 0 radical (unpaired) electrons. The highest BCUT2D eigenvalue weighted by atomic mass is 79.9. The lowest BCUT2D eigenvalue weighted by atomic mass is 9.94. The minimum atomic E-state index is -0.480. The molecule has 0 spiro atoms. The summed E-state index contributed by atoms with van der Waals surface area (Å²) in [6, 6.07) is 14.2. The van der Waals surface area contributed by atoms with E-state index in [-0.39, 0.29) is 6.10 Å². The van der Waals surface area contributed by atoms with Crippen LogP contribution in [0, 0.1) is 0 Å². The third-order valence-corrected chi connectivity index (χ3v) is 4.29. The van der Waals surface area contributed by atoms with Gasteiger partial charge in [0.25, 0.3) is 0 Å². The van der Waals surface area contributed by atoms with Crippen LogP contribution in [0.1, 0.15) is 42.2 Å². The molecule has 0 amide bonds. The molecule has 0 aromatic heterocycles. The Hall–Kier alpha value is -1.32. The lowest BCUT2D eigenvalue weighted by molar-refractivity contribution is 0.0657. The number of rotatable bonds is 2. The van der Waals surface area contributed by atoms with Crippen molar-refractivity contribution < 1.29 is 9.84 Å². The van der Waals surface area contributed by atoms with Gasteiger partial charge in [-0.15, -0.1) is 0 Å². The van der Waals surface area contributed by atoms with Gasteiger partial charge in [0.1, 0.15) is 11.9 Å². The molecule has 3 rings (SSSR count). The first-order valence-electron chi connectivity index (χ1n) is 6.90. The third-order valence-electron chi connectivity index (χ3n) is 3.80. The number of halogens is 1. The Bertz CT molecular complexity index is 607. The van der Waals surface area contributed by atoms with Crippen molar-refractivity contribution in [3.05, 3.63) is 63.6 Å². The number of benzene rings is 2. The molecule has 2 atom stereocenters. The highest BCUT2D eigenvalue weighted by Gasteiger charge is 2.28. The summed E-state index contributed by atoms with van der Waals surface area (Å²) in [7, 11) is 0. The summed E-state index contributed by atoms with van der Waals surface area (Å²) in [6.45, 7) is 2.14. The second-order valence-electron chi connectivity index (χ2n) is 5.14. The minimum absolute atomic E-state index is 0.0791. The van der Waals surface area contributed by atoms with Crippen LogP contribution in [0.2, 0.25) is 0 Å². The van der Waals surface area contributed by atoms with E-state index in [0.29, 0.717) is 6.42 Å². The van der Waals surface area contributed by atoms with Crippen LogP contribution in [-0.2, 0) is 6.42 Å². The first-order valence-corrected chi connectivity index (χ1v) is 7.69. The topological polar surface area (TPSA) is 29.5 Å². The number of aliphatic hydroxyl groups excluding tert-OH is 1. The maximum atomic E-state index is 10.3. The molecule has 1 unspecified atom stereocenters. The van der Waals surface area contributed by atoms with Crippen molar-refractivity contribution in [2.75, 3.05) is 0 Å². The Balaban J connectivity index is 1.88. The van der Waals surface area contributed by atoms with Crippen molar-refractivity contribution in [1.29, 1.82) is 0 Å². The Morgan fingerprint density at radius 2 is 1.95 bits per heavy atom. The van der Waals surface area contributed by atoms with Crippen molar-refractivity contribution in [1.82, 2.24) is 0 Å². The Morgan fingerprint density at radius 1 is 1.20 bits per heavy atom. The van der Waals surface area contributed by atoms with Gasteiger partial charge in [-0.05, 0) is 35.7 Å². The van der Waals surface area contributed by atoms with E-state index in [0.717, 1.165) is 27.8 Å². The molecule has 0 bridgehead atoms. The van der Waals surface area contributed by atoms with Crippen LogP contribution in [0.25, 0.3) is 0 Å². The van der Waals surface area contributed by atoms with Crippen LogP contribution in [0.4, 0.5) is 0 Å². The average Bonchev–Trinajstić information content (AvgIpc) is 2.48. The Labute approximate surface area is 127 Å². The largest absolute Gasteiger partial charge is 0.485 e. The third kappa shape index (κ3) is 2.60. The van der Waals surface area contributed by atoms with Crippen LogP contribution in [-0.4, -0.2) is 5.11 Å². The lowest BCUT2D eigenvalue weighted by Gasteiger charge is -2.30. The van der Waals surface area contributed by atoms with Gasteiger partial charge in [0, 0.05) is 16.5 Å². The van der Waals surface area contributed by atoms with Gasteiger partial charge in [-0.3, -0.25) is 0 Å². The molecular weight excluding hydrogens is 316 g/mol. The standard InChI is InChI=1S/C17H17BrO2/c1-2-11-3-5-12(6-4-11)17-10-15(19)14-9-13(18)7-8-16(14)20-17/h3-9,15,17,19H,2,10H2,1H3/t15-,17?/m0/s1. The van der Waals surface area contributed by atoms with Crippen LogP contribution in [0.3, 0.4) is 0 Å². The molecular formula is C17H17BrO2. The van der Waals surface area contributed by atoms with E-state index in [1.165, 1.54) is 5.56 Å². The number of fused-ring (bicyclic) bond motifs is 1. The van der Waals surface area contributed by atoms with E-state index >= 15 is 0 Å². The summed E-state index contributed by atoms with van der Waals surface area (Å²) >= 11 is 3.43. The number of hydrogen-bond donors (Lipinski definition) is 1. The van der Waals surface area contributed by atoms with Gasteiger partial charge in [-0.1, -0.05) is 47.1 Å². The normalized spacial score (nSPS) is 21.1. The Kier molecular flexibility index (Phi) is 3.81. The molecule has 20 heavy (non-hydrogen) atoms. The predicted octanol–water partition coefficient (Wildman–Crippen LogP) is 4.57. The molecule has 0 saturated heterocycles. The second kappa shape index (κ2) is 5.58. The van der Waals surface area contributed by atoms with Crippen LogP contribution in [0.5, 0.6) is 5.75 Å². The summed E-state index contributed by atoms with van der Waals surface area (Å²) in [4.78, 5) is 0. The first kappa shape index (κ1) is 13.7. The van der Waals surface area contributed by atoms with Gasteiger partial charge < -0.3 is 9.84 Å². The molecule has 2 aromatic carbocycles. The summed E-state index contributed by atoms with van der Waals surface area (Å²) in [5, 5.41) is 10.3. The molecule has 0 aliphatic carbocycles. The zero-order valence-corrected chi connectivity index (χ0v) is 12.9. The maximum Gasteiger partial charge on any atom is 0.127 e. The van der Waals surface area contributed by atoms with Gasteiger partial charge in [0.15, 0.2) is 0 Å². The summed E-state index contributed by atoms with van der Waals surface area (Å²) in [6.07, 6.45) is 1.07. The SMILES string of the molecule is CCc1ccc(C2C[C@H](O)c3cc(Br)ccc3O2)cc1. The highest BCUT2D eigenvalue weighted by molar-refractivity contribution is 9.10. The molecule has 1 aliphatic heterocycles. The smallest absolute Gasteiger partial charge is 0.127 e. The van der Waals surface area contributed by atoms with E-state index < -0.39 is 6.10 Å². The monoisotopic (exact) mass is 332 g/mol. The van der Waals surface area contributed by atoms with Crippen molar-refractivity contribution in [3.63, 3.8) is 0 Å². The summed E-state index contributed by atoms with van der Waals surface area (Å²) in [5.41, 5.74) is 3.30. The molecule has 104 valence electrons. The summed E-state index contributed by atoms with van der Waals surface area (Å²) < 4.78 is 7.00. The zero-order valence-electron chi connectivity index (χ0n) is 11.3. The number of hydrogen-bond acceptors (Lipinski definition) is 2. The second-order valence-corrected chi connectivity index (χ2v) is 6.05. The zero-order chi connectivity index (χ0) is 14.1. The quantitative estimate of drug-likeness (QED) is 0.872. The number of aliphatic hydroxyl groups is 1. The molecule has 0 fully saturated rings. The van der Waals surface area contributed by atoms with E-state index in [9.17, 15) is 5.11 Å². The summed E-state index contributed by atoms with van der Waals surface area (Å²) in [5.74, 6) is 0.775. The number of ether oxygens (including phenoxy) is 1. The van der Waals surface area contributed by atoms with E-state index in [4.69, 9.17) is 4.74 Å². The van der Waals surface area contributed by atoms with E-state index in [2.05, 4.69) is 47.1 Å². The van der Waals surface area contributed by atoms with Crippen LogP contribution >= 0.6 is 15.9 Å². The van der Waals surface area contributed by atoms with Crippen molar-refractivity contribution in [2.24, 2.45) is 0 Å². The maximum absolute atomic E-state index is 10.3. The van der Waals surface area contributed by atoms with Crippen LogP contribution < -0.4 is 4.74 Å². The van der Waals surface area contributed by atoms with Gasteiger partial charge in [0.2, 0.25) is 0 Å². The first-order chi connectivity index (χ1) is 9.67. The fraction of sp³-hybridized carbons (Fsp3) is 0.294. The molecule has 1 aliphatic rings. The highest BCUT2D eigenvalue weighted by Crippen LogP contribution is 2.41. The predicted molar refractivity (Wildman–Crippen MR) is 82.9 cm³/mol. The molecule has 0 saturated carbocycles. The molecule has 1 heterocycles. The van der Waals surface area contributed by atoms with E-state index in [1.54, 1.807) is 0 Å². The molecule has 1 N–H and O–H groups in total. The van der Waals surface area contributed by atoms with Crippen LogP contribution in [0.15, 0.2) is 46.9 Å². The van der Waals surface area contributed by atoms with Crippen molar-refractivity contribution in [3.8, 4) is 5.75 Å². The van der Waals surface area contributed by atoms with Crippen molar-refractivity contribution >= 4 is 15.9 Å². The van der Waals surface area contributed by atoms with Crippen molar-refractivity contribution in [2.45, 2.75) is 32.0 Å². The fourth-order valence-corrected chi connectivity index (χ4v) is 2.97. The van der Waals surface area contributed by atoms with Gasteiger partial charge in [-0.2, -0.15) is 0 Å². The molecule has 3 heteroatoms. The Morgan fingerprint density at radius 3 is 2.65 bits per heavy atom.